The van der Waals surface area contributed by atoms with Crippen molar-refractivity contribution < 1.29 is 9.47 Å². The van der Waals surface area contributed by atoms with E-state index in [0.29, 0.717) is 18.2 Å². The summed E-state index contributed by atoms with van der Waals surface area (Å²) in [6.45, 7) is 9.98. The lowest BCUT2D eigenvalue weighted by Gasteiger charge is -2.53. The molecule has 0 aliphatic carbocycles. The summed E-state index contributed by atoms with van der Waals surface area (Å²) in [7, 11) is 1.83. The fourth-order valence-electron chi connectivity index (χ4n) is 3.79. The Morgan fingerprint density at radius 1 is 1.28 bits per heavy atom. The van der Waals surface area contributed by atoms with E-state index in [1.807, 2.05) is 7.11 Å². The highest BCUT2D eigenvalue weighted by molar-refractivity contribution is 5.10. The minimum atomic E-state index is 0.132. The summed E-state index contributed by atoms with van der Waals surface area (Å²) < 4.78 is 11.6. The SMILES string of the molecule is COC1CCN(C2CCOC23CN(C(C)C)C3)C1. The van der Waals surface area contributed by atoms with Crippen LogP contribution in [0, 0.1) is 0 Å². The van der Waals surface area contributed by atoms with Gasteiger partial charge in [-0.3, -0.25) is 9.80 Å². The van der Waals surface area contributed by atoms with Crippen LogP contribution in [0.25, 0.3) is 0 Å². The van der Waals surface area contributed by atoms with Gasteiger partial charge in [-0.2, -0.15) is 0 Å². The Balaban J connectivity index is 1.63. The van der Waals surface area contributed by atoms with Gasteiger partial charge in [0.1, 0.15) is 5.60 Å². The van der Waals surface area contributed by atoms with Gasteiger partial charge < -0.3 is 9.47 Å². The van der Waals surface area contributed by atoms with Crippen LogP contribution in [0.3, 0.4) is 0 Å². The summed E-state index contributed by atoms with van der Waals surface area (Å²) in [5.74, 6) is 0. The van der Waals surface area contributed by atoms with Crippen molar-refractivity contribution in [1.29, 1.82) is 0 Å². The second-order valence-corrected chi connectivity index (χ2v) is 6.36. The predicted molar refractivity (Wildman–Crippen MR) is 70.8 cm³/mol. The van der Waals surface area contributed by atoms with E-state index >= 15 is 0 Å². The summed E-state index contributed by atoms with van der Waals surface area (Å²) in [5.41, 5.74) is 0.132. The van der Waals surface area contributed by atoms with Gasteiger partial charge in [-0.1, -0.05) is 0 Å². The molecule has 1 spiro atoms. The van der Waals surface area contributed by atoms with Crippen LogP contribution in [0.4, 0.5) is 0 Å². The van der Waals surface area contributed by atoms with Gasteiger partial charge in [0.25, 0.3) is 0 Å². The summed E-state index contributed by atoms with van der Waals surface area (Å²) in [4.78, 5) is 5.13. The van der Waals surface area contributed by atoms with Gasteiger partial charge in [-0.05, 0) is 26.7 Å². The van der Waals surface area contributed by atoms with Crippen LogP contribution < -0.4 is 0 Å². The minimum absolute atomic E-state index is 0.132. The molecule has 3 aliphatic rings. The Morgan fingerprint density at radius 3 is 2.67 bits per heavy atom. The van der Waals surface area contributed by atoms with E-state index in [-0.39, 0.29) is 5.60 Å². The molecule has 3 saturated heterocycles. The molecule has 3 heterocycles. The first kappa shape index (κ1) is 12.9. The van der Waals surface area contributed by atoms with Crippen LogP contribution in [-0.2, 0) is 9.47 Å². The molecule has 3 fully saturated rings. The maximum atomic E-state index is 6.13. The molecular formula is C14H26N2O2. The number of hydrogen-bond acceptors (Lipinski definition) is 4. The molecule has 0 aromatic heterocycles. The maximum absolute atomic E-state index is 6.13. The van der Waals surface area contributed by atoms with Gasteiger partial charge in [-0.15, -0.1) is 0 Å². The zero-order valence-corrected chi connectivity index (χ0v) is 11.9. The fourth-order valence-corrected chi connectivity index (χ4v) is 3.79. The second-order valence-electron chi connectivity index (χ2n) is 6.36. The molecule has 3 aliphatic heterocycles. The molecule has 3 rings (SSSR count). The number of likely N-dealkylation sites (tertiary alicyclic amines) is 2. The van der Waals surface area contributed by atoms with Gasteiger partial charge in [0.2, 0.25) is 0 Å². The predicted octanol–water partition coefficient (Wildman–Crippen LogP) is 0.959. The summed E-state index contributed by atoms with van der Waals surface area (Å²) in [6, 6.07) is 1.26. The van der Waals surface area contributed by atoms with Crippen molar-refractivity contribution in [2.24, 2.45) is 0 Å². The molecule has 4 nitrogen and oxygen atoms in total. The molecule has 2 unspecified atom stereocenters. The lowest BCUT2D eigenvalue weighted by Crippen LogP contribution is -2.70. The third kappa shape index (κ3) is 1.99. The molecule has 0 amide bonds. The molecule has 0 aromatic carbocycles. The summed E-state index contributed by atoms with van der Waals surface area (Å²) >= 11 is 0. The van der Waals surface area contributed by atoms with E-state index < -0.39 is 0 Å². The minimum Gasteiger partial charge on any atom is -0.380 e. The molecule has 104 valence electrons. The van der Waals surface area contributed by atoms with Crippen molar-refractivity contribution >= 4 is 0 Å². The van der Waals surface area contributed by atoms with Gasteiger partial charge in [-0.25, -0.2) is 0 Å². The fraction of sp³-hybridized carbons (Fsp3) is 1.00. The average molecular weight is 254 g/mol. The maximum Gasteiger partial charge on any atom is 0.109 e. The van der Waals surface area contributed by atoms with Crippen LogP contribution in [0.5, 0.6) is 0 Å². The third-order valence-corrected chi connectivity index (χ3v) is 5.01. The molecular weight excluding hydrogens is 228 g/mol. The number of nitrogens with zero attached hydrogens (tertiary/aromatic N) is 2. The quantitative estimate of drug-likeness (QED) is 0.749. The highest BCUT2D eigenvalue weighted by Gasteiger charge is 2.55. The van der Waals surface area contributed by atoms with E-state index in [2.05, 4.69) is 23.6 Å². The van der Waals surface area contributed by atoms with E-state index in [0.717, 1.165) is 26.2 Å². The van der Waals surface area contributed by atoms with Gasteiger partial charge in [0, 0.05) is 52.0 Å². The first-order chi connectivity index (χ1) is 8.64. The highest BCUT2D eigenvalue weighted by atomic mass is 16.5. The van der Waals surface area contributed by atoms with Gasteiger partial charge in [0.15, 0.2) is 0 Å². The molecule has 18 heavy (non-hydrogen) atoms. The van der Waals surface area contributed by atoms with Crippen LogP contribution in [0.15, 0.2) is 0 Å². The Hall–Kier alpha value is -0.160. The molecule has 4 heteroatoms. The Labute approximate surface area is 110 Å². The van der Waals surface area contributed by atoms with Crippen molar-refractivity contribution in [1.82, 2.24) is 9.80 Å². The van der Waals surface area contributed by atoms with E-state index in [1.54, 1.807) is 0 Å². The first-order valence-electron chi connectivity index (χ1n) is 7.29. The van der Waals surface area contributed by atoms with Crippen molar-refractivity contribution in [3.63, 3.8) is 0 Å². The van der Waals surface area contributed by atoms with Crippen LogP contribution in [-0.4, -0.2) is 73.5 Å². The number of hydrogen-bond donors (Lipinski definition) is 0. The van der Waals surface area contributed by atoms with Crippen molar-refractivity contribution in [3.8, 4) is 0 Å². The Bertz CT molecular complexity index is 302. The lowest BCUT2D eigenvalue weighted by atomic mass is 9.84. The van der Waals surface area contributed by atoms with Crippen molar-refractivity contribution in [2.75, 3.05) is 39.9 Å². The Kier molecular flexibility index (Phi) is 3.39. The number of methoxy groups -OCH3 is 1. The number of rotatable bonds is 3. The van der Waals surface area contributed by atoms with Crippen LogP contribution in [0.1, 0.15) is 26.7 Å². The van der Waals surface area contributed by atoms with Gasteiger partial charge in [0.05, 0.1) is 6.10 Å². The second kappa shape index (κ2) is 4.75. The monoisotopic (exact) mass is 254 g/mol. The zero-order chi connectivity index (χ0) is 12.8. The largest absolute Gasteiger partial charge is 0.380 e. The Morgan fingerprint density at radius 2 is 2.06 bits per heavy atom. The molecule has 0 bridgehead atoms. The highest BCUT2D eigenvalue weighted by Crippen LogP contribution is 2.40. The zero-order valence-electron chi connectivity index (χ0n) is 11.9. The van der Waals surface area contributed by atoms with Crippen molar-refractivity contribution in [2.45, 2.75) is 50.5 Å². The van der Waals surface area contributed by atoms with Crippen molar-refractivity contribution in [3.05, 3.63) is 0 Å². The average Bonchev–Trinajstić information content (AvgIpc) is 2.92. The first-order valence-corrected chi connectivity index (χ1v) is 7.29. The third-order valence-electron chi connectivity index (χ3n) is 5.01. The normalized spacial score (nSPS) is 36.7. The molecule has 0 radical (unpaired) electrons. The summed E-state index contributed by atoms with van der Waals surface area (Å²) in [5, 5.41) is 0. The van der Waals surface area contributed by atoms with E-state index in [1.165, 1.54) is 19.4 Å². The van der Waals surface area contributed by atoms with Crippen LogP contribution in [0.2, 0.25) is 0 Å². The van der Waals surface area contributed by atoms with Gasteiger partial charge >= 0.3 is 0 Å². The molecule has 0 N–H and O–H groups in total. The summed E-state index contributed by atoms with van der Waals surface area (Å²) in [6.07, 6.45) is 2.81. The van der Waals surface area contributed by atoms with Crippen LogP contribution >= 0.6 is 0 Å². The number of ether oxygens (including phenoxy) is 2. The molecule has 0 saturated carbocycles. The van der Waals surface area contributed by atoms with E-state index in [4.69, 9.17) is 9.47 Å². The smallest absolute Gasteiger partial charge is 0.109 e. The topological polar surface area (TPSA) is 24.9 Å². The molecule has 2 atom stereocenters. The standard InChI is InChI=1S/C14H26N2O2/c1-11(2)16-9-14(10-16)13(5-7-18-14)15-6-4-12(8-15)17-3/h11-13H,4-10H2,1-3H3. The van der Waals surface area contributed by atoms with E-state index in [9.17, 15) is 0 Å². The lowest BCUT2D eigenvalue weighted by molar-refractivity contribution is -0.148. The molecule has 0 aromatic rings.